The van der Waals surface area contributed by atoms with Crippen molar-refractivity contribution >= 4 is 21.8 Å². The second-order valence-electron chi connectivity index (χ2n) is 5.83. The zero-order chi connectivity index (χ0) is 15.0. The van der Waals surface area contributed by atoms with Gasteiger partial charge in [0.25, 0.3) is 5.91 Å². The van der Waals surface area contributed by atoms with Crippen molar-refractivity contribution in [3.63, 3.8) is 0 Å². The number of halogens is 2. The molecule has 6 heteroatoms. The van der Waals surface area contributed by atoms with Gasteiger partial charge in [0.05, 0.1) is 0 Å². The molecular formula is C15H18BrFN2O2. The van der Waals surface area contributed by atoms with E-state index in [1.807, 2.05) is 0 Å². The van der Waals surface area contributed by atoms with Gasteiger partial charge >= 0.3 is 0 Å². The quantitative estimate of drug-likeness (QED) is 0.902. The molecule has 2 aliphatic rings. The topological polar surface area (TPSA) is 55.6 Å². The smallest absolute Gasteiger partial charge is 0.260 e. The number of carbonyl (C=O) groups is 1. The third-order valence-electron chi connectivity index (χ3n) is 4.51. The summed E-state index contributed by atoms with van der Waals surface area (Å²) in [7, 11) is 0. The first-order valence-electron chi connectivity index (χ1n) is 7.16. The van der Waals surface area contributed by atoms with Gasteiger partial charge in [0.2, 0.25) is 0 Å². The van der Waals surface area contributed by atoms with E-state index in [2.05, 4.69) is 15.9 Å². The van der Waals surface area contributed by atoms with Crippen LogP contribution in [0.15, 0.2) is 22.7 Å². The number of nitrogens with zero attached hydrogens (tertiary/aromatic N) is 1. The van der Waals surface area contributed by atoms with Crippen LogP contribution in [0.2, 0.25) is 0 Å². The number of benzene rings is 1. The van der Waals surface area contributed by atoms with Crippen molar-refractivity contribution in [3.8, 4) is 5.75 Å². The molecule has 3 atom stereocenters. The van der Waals surface area contributed by atoms with E-state index in [9.17, 15) is 9.18 Å². The summed E-state index contributed by atoms with van der Waals surface area (Å²) in [5.41, 5.74) is 6.06. The van der Waals surface area contributed by atoms with Crippen LogP contribution in [0.25, 0.3) is 0 Å². The highest BCUT2D eigenvalue weighted by Gasteiger charge is 2.42. The highest BCUT2D eigenvalue weighted by Crippen LogP contribution is 2.37. The van der Waals surface area contributed by atoms with Gasteiger partial charge in [0.1, 0.15) is 0 Å². The van der Waals surface area contributed by atoms with Crippen LogP contribution in [-0.4, -0.2) is 36.5 Å². The number of hydrogen-bond acceptors (Lipinski definition) is 3. The summed E-state index contributed by atoms with van der Waals surface area (Å²) in [5, 5.41) is 0. The van der Waals surface area contributed by atoms with E-state index in [1.165, 1.54) is 12.1 Å². The molecule has 21 heavy (non-hydrogen) atoms. The number of nitrogens with two attached hydrogens (primary N) is 1. The molecule has 2 N–H and O–H groups in total. The first-order chi connectivity index (χ1) is 10.0. The standard InChI is InChI=1S/C15H18BrFN2O2/c16-10-2-4-14(12(17)5-10)21-8-15(20)19-6-9-1-3-13(18)11(9)7-19/h2,4-5,9,11,13H,1,3,6-8,18H2. The Hall–Kier alpha value is -1.14. The Morgan fingerprint density at radius 3 is 2.95 bits per heavy atom. The Balaban J connectivity index is 1.55. The maximum Gasteiger partial charge on any atom is 0.260 e. The first kappa shape index (κ1) is 14.8. The van der Waals surface area contributed by atoms with E-state index in [1.54, 1.807) is 11.0 Å². The van der Waals surface area contributed by atoms with Gasteiger partial charge in [0.15, 0.2) is 18.2 Å². The van der Waals surface area contributed by atoms with Crippen molar-refractivity contribution in [3.05, 3.63) is 28.5 Å². The average Bonchev–Trinajstić information content (AvgIpc) is 3.00. The summed E-state index contributed by atoms with van der Waals surface area (Å²) >= 11 is 3.18. The van der Waals surface area contributed by atoms with Crippen molar-refractivity contribution in [2.75, 3.05) is 19.7 Å². The predicted molar refractivity (Wildman–Crippen MR) is 80.4 cm³/mol. The molecule has 2 fully saturated rings. The lowest BCUT2D eigenvalue weighted by Gasteiger charge is -2.19. The Morgan fingerprint density at radius 2 is 2.24 bits per heavy atom. The fourth-order valence-corrected chi connectivity index (χ4v) is 3.67. The van der Waals surface area contributed by atoms with Gasteiger partial charge in [0, 0.05) is 23.6 Å². The monoisotopic (exact) mass is 356 g/mol. The van der Waals surface area contributed by atoms with E-state index in [-0.39, 0.29) is 24.3 Å². The van der Waals surface area contributed by atoms with Crippen LogP contribution in [0.4, 0.5) is 4.39 Å². The third-order valence-corrected chi connectivity index (χ3v) is 5.00. The molecule has 1 heterocycles. The van der Waals surface area contributed by atoms with Gasteiger partial charge in [-0.2, -0.15) is 0 Å². The van der Waals surface area contributed by atoms with Gasteiger partial charge < -0.3 is 15.4 Å². The summed E-state index contributed by atoms with van der Waals surface area (Å²) in [5.74, 6) is 0.464. The van der Waals surface area contributed by atoms with Crippen LogP contribution in [0.1, 0.15) is 12.8 Å². The Labute approximate surface area is 131 Å². The molecule has 1 aliphatic heterocycles. The van der Waals surface area contributed by atoms with E-state index in [4.69, 9.17) is 10.5 Å². The number of hydrogen-bond donors (Lipinski definition) is 1. The Bertz CT molecular complexity index is 554. The second-order valence-corrected chi connectivity index (χ2v) is 6.74. The maximum atomic E-state index is 13.6. The van der Waals surface area contributed by atoms with Crippen molar-refractivity contribution in [1.82, 2.24) is 4.90 Å². The van der Waals surface area contributed by atoms with E-state index >= 15 is 0 Å². The summed E-state index contributed by atoms with van der Waals surface area (Å²) in [4.78, 5) is 14.0. The molecule has 3 rings (SSSR count). The number of amides is 1. The lowest BCUT2D eigenvalue weighted by molar-refractivity contribution is -0.132. The lowest BCUT2D eigenvalue weighted by atomic mass is 9.98. The minimum Gasteiger partial charge on any atom is -0.481 e. The largest absolute Gasteiger partial charge is 0.481 e. The SMILES string of the molecule is NC1CCC2CN(C(=O)COc3ccc(Br)cc3F)CC12. The molecule has 1 aromatic carbocycles. The molecule has 1 aromatic rings. The molecule has 0 bridgehead atoms. The maximum absolute atomic E-state index is 13.6. The number of likely N-dealkylation sites (tertiary alicyclic amines) is 1. The molecule has 1 aliphatic carbocycles. The third kappa shape index (κ3) is 3.06. The summed E-state index contributed by atoms with van der Waals surface area (Å²) in [6.45, 7) is 1.33. The molecule has 0 spiro atoms. The molecular weight excluding hydrogens is 339 g/mol. The molecule has 0 aromatic heterocycles. The number of fused-ring (bicyclic) bond motifs is 1. The van der Waals surface area contributed by atoms with Gasteiger partial charge in [-0.05, 0) is 42.9 Å². The van der Waals surface area contributed by atoms with E-state index in [0.717, 1.165) is 19.4 Å². The van der Waals surface area contributed by atoms with Crippen molar-refractivity contribution in [2.24, 2.45) is 17.6 Å². The molecule has 1 saturated carbocycles. The Kier molecular flexibility index (Phi) is 4.17. The number of rotatable bonds is 3. The van der Waals surface area contributed by atoms with Crippen LogP contribution < -0.4 is 10.5 Å². The minimum atomic E-state index is -0.475. The van der Waals surface area contributed by atoms with Crippen LogP contribution >= 0.6 is 15.9 Å². The molecule has 1 saturated heterocycles. The number of carbonyl (C=O) groups excluding carboxylic acids is 1. The number of ether oxygens (including phenoxy) is 1. The minimum absolute atomic E-state index is 0.0982. The highest BCUT2D eigenvalue weighted by molar-refractivity contribution is 9.10. The van der Waals surface area contributed by atoms with E-state index in [0.29, 0.717) is 22.9 Å². The fraction of sp³-hybridized carbons (Fsp3) is 0.533. The normalized spacial score (nSPS) is 27.8. The van der Waals surface area contributed by atoms with Gasteiger partial charge in [-0.1, -0.05) is 15.9 Å². The second kappa shape index (κ2) is 5.93. The zero-order valence-electron chi connectivity index (χ0n) is 11.6. The zero-order valence-corrected chi connectivity index (χ0v) is 13.2. The summed E-state index contributed by atoms with van der Waals surface area (Å²) < 4.78 is 19.6. The van der Waals surface area contributed by atoms with Crippen LogP contribution in [0.5, 0.6) is 5.75 Å². The van der Waals surface area contributed by atoms with Crippen LogP contribution in [0, 0.1) is 17.7 Å². The average molecular weight is 357 g/mol. The summed E-state index contributed by atoms with van der Waals surface area (Å²) in [6.07, 6.45) is 2.15. The predicted octanol–water partition coefficient (Wildman–Crippen LogP) is 2.16. The van der Waals surface area contributed by atoms with Crippen LogP contribution in [-0.2, 0) is 4.79 Å². The molecule has 114 valence electrons. The van der Waals surface area contributed by atoms with Crippen molar-refractivity contribution < 1.29 is 13.9 Å². The fourth-order valence-electron chi connectivity index (χ4n) is 3.33. The van der Waals surface area contributed by atoms with Crippen molar-refractivity contribution in [2.45, 2.75) is 18.9 Å². The first-order valence-corrected chi connectivity index (χ1v) is 7.95. The van der Waals surface area contributed by atoms with Crippen LogP contribution in [0.3, 0.4) is 0 Å². The molecule has 1 amide bonds. The summed E-state index contributed by atoms with van der Waals surface area (Å²) in [6, 6.07) is 4.72. The van der Waals surface area contributed by atoms with E-state index < -0.39 is 5.82 Å². The lowest BCUT2D eigenvalue weighted by Crippen LogP contribution is -2.36. The van der Waals surface area contributed by atoms with Gasteiger partial charge in [-0.25, -0.2) is 4.39 Å². The molecule has 3 unspecified atom stereocenters. The molecule has 4 nitrogen and oxygen atoms in total. The van der Waals surface area contributed by atoms with Crippen molar-refractivity contribution in [1.29, 1.82) is 0 Å². The van der Waals surface area contributed by atoms with Gasteiger partial charge in [-0.15, -0.1) is 0 Å². The Morgan fingerprint density at radius 1 is 1.43 bits per heavy atom. The molecule has 0 radical (unpaired) electrons. The van der Waals surface area contributed by atoms with Gasteiger partial charge in [-0.3, -0.25) is 4.79 Å². The highest BCUT2D eigenvalue weighted by atomic mass is 79.9.